The monoisotopic (exact) mass is 344 g/mol. The van der Waals surface area contributed by atoms with Gasteiger partial charge in [0.05, 0.1) is 6.61 Å². The van der Waals surface area contributed by atoms with Crippen LogP contribution in [0.25, 0.3) is 0 Å². The van der Waals surface area contributed by atoms with Crippen molar-refractivity contribution in [1.82, 2.24) is 5.32 Å². The second-order valence-corrected chi connectivity index (χ2v) is 6.41. The third kappa shape index (κ3) is 4.93. The second-order valence-electron chi connectivity index (χ2n) is 6.41. The average molecular weight is 344 g/mol. The predicted octanol–water partition coefficient (Wildman–Crippen LogP) is 3.30. The first-order valence-corrected chi connectivity index (χ1v) is 8.22. The Labute approximate surface area is 145 Å². The summed E-state index contributed by atoms with van der Waals surface area (Å²) < 4.78 is 18.8. The Morgan fingerprint density at radius 3 is 2.72 bits per heavy atom. The molecule has 0 aromatic heterocycles. The summed E-state index contributed by atoms with van der Waals surface area (Å²) in [6.07, 6.45) is 1.88. The number of halogens is 1. The van der Waals surface area contributed by atoms with E-state index in [0.29, 0.717) is 18.0 Å². The number of aliphatic hydroxyl groups is 1. The van der Waals surface area contributed by atoms with Crippen LogP contribution in [0.4, 0.5) is 14.9 Å². The highest BCUT2D eigenvalue weighted by molar-refractivity contribution is 5.89. The third-order valence-electron chi connectivity index (χ3n) is 4.30. The van der Waals surface area contributed by atoms with Gasteiger partial charge >= 0.3 is 6.03 Å². The van der Waals surface area contributed by atoms with E-state index in [-0.39, 0.29) is 30.5 Å². The summed E-state index contributed by atoms with van der Waals surface area (Å²) in [4.78, 5) is 11.9. The molecule has 0 saturated heterocycles. The minimum atomic E-state index is -0.318. The molecule has 25 heavy (non-hydrogen) atoms. The number of hydrogen-bond donors (Lipinski definition) is 3. The van der Waals surface area contributed by atoms with E-state index in [0.717, 1.165) is 18.4 Å². The Kier molecular flexibility index (Phi) is 5.19. The van der Waals surface area contributed by atoms with E-state index in [1.54, 1.807) is 36.4 Å². The Morgan fingerprint density at radius 1 is 1.20 bits per heavy atom. The minimum Gasteiger partial charge on any atom is -0.489 e. The molecule has 6 heteroatoms. The van der Waals surface area contributed by atoms with Crippen molar-refractivity contribution in [2.45, 2.75) is 19.4 Å². The van der Waals surface area contributed by atoms with E-state index in [1.807, 2.05) is 0 Å². The van der Waals surface area contributed by atoms with Crippen molar-refractivity contribution in [3.8, 4) is 5.75 Å². The van der Waals surface area contributed by atoms with Gasteiger partial charge in [0.2, 0.25) is 0 Å². The van der Waals surface area contributed by atoms with Crippen LogP contribution in [-0.4, -0.2) is 24.3 Å². The van der Waals surface area contributed by atoms with Gasteiger partial charge in [-0.2, -0.15) is 0 Å². The predicted molar refractivity (Wildman–Crippen MR) is 92.9 cm³/mol. The van der Waals surface area contributed by atoms with Crippen molar-refractivity contribution in [3.05, 3.63) is 59.9 Å². The summed E-state index contributed by atoms with van der Waals surface area (Å²) in [7, 11) is 0. The first-order chi connectivity index (χ1) is 12.1. The number of anilines is 1. The van der Waals surface area contributed by atoms with E-state index in [4.69, 9.17) is 4.74 Å². The number of nitrogens with one attached hydrogen (secondary N) is 2. The van der Waals surface area contributed by atoms with E-state index < -0.39 is 0 Å². The highest BCUT2D eigenvalue weighted by Gasteiger charge is 2.42. The SMILES string of the molecule is O=C(NCC1(CO)CC1)Nc1cccc(OCc2cccc(F)c2)c1. The first kappa shape index (κ1) is 17.2. The molecule has 2 aromatic carbocycles. The summed E-state index contributed by atoms with van der Waals surface area (Å²) in [6, 6.07) is 12.9. The van der Waals surface area contributed by atoms with E-state index >= 15 is 0 Å². The van der Waals surface area contributed by atoms with Crippen molar-refractivity contribution in [1.29, 1.82) is 0 Å². The highest BCUT2D eigenvalue weighted by atomic mass is 19.1. The Balaban J connectivity index is 1.51. The lowest BCUT2D eigenvalue weighted by molar-refractivity contribution is 0.206. The van der Waals surface area contributed by atoms with Crippen LogP contribution in [-0.2, 0) is 6.61 Å². The standard InChI is InChI=1S/C19H21FN2O3/c20-15-4-1-3-14(9-15)11-25-17-6-2-5-16(10-17)22-18(24)21-12-19(13-23)7-8-19/h1-6,9-10,23H,7-8,11-13H2,(H2,21,22,24). The Bertz CT molecular complexity index is 747. The topological polar surface area (TPSA) is 70.6 Å². The molecule has 3 rings (SSSR count). The number of rotatable bonds is 7. The first-order valence-electron chi connectivity index (χ1n) is 8.22. The second kappa shape index (κ2) is 7.53. The molecule has 0 unspecified atom stereocenters. The number of ether oxygens (including phenoxy) is 1. The van der Waals surface area contributed by atoms with Crippen LogP contribution in [0.1, 0.15) is 18.4 Å². The quantitative estimate of drug-likeness (QED) is 0.722. The number of urea groups is 1. The lowest BCUT2D eigenvalue weighted by Crippen LogP contribution is -2.35. The number of benzene rings is 2. The molecular formula is C19H21FN2O3. The summed E-state index contributed by atoms with van der Waals surface area (Å²) >= 11 is 0. The number of hydrogen-bond acceptors (Lipinski definition) is 3. The Morgan fingerprint density at radius 2 is 2.00 bits per heavy atom. The third-order valence-corrected chi connectivity index (χ3v) is 4.30. The van der Waals surface area contributed by atoms with E-state index in [1.165, 1.54) is 12.1 Å². The van der Waals surface area contributed by atoms with E-state index in [2.05, 4.69) is 10.6 Å². The molecule has 132 valence electrons. The summed E-state index contributed by atoms with van der Waals surface area (Å²) in [6.45, 7) is 0.800. The van der Waals surface area contributed by atoms with Crippen LogP contribution >= 0.6 is 0 Å². The normalized spacial score (nSPS) is 14.6. The number of carbonyl (C=O) groups is 1. The smallest absolute Gasteiger partial charge is 0.319 e. The number of carbonyl (C=O) groups excluding carboxylic acids is 1. The van der Waals surface area contributed by atoms with Crippen LogP contribution in [0.15, 0.2) is 48.5 Å². The molecule has 0 atom stereocenters. The fourth-order valence-electron chi connectivity index (χ4n) is 2.47. The molecule has 3 N–H and O–H groups in total. The van der Waals surface area contributed by atoms with Gasteiger partial charge in [0.1, 0.15) is 18.2 Å². The fraction of sp³-hybridized carbons (Fsp3) is 0.316. The minimum absolute atomic E-state index is 0.0939. The van der Waals surface area contributed by atoms with Gasteiger partial charge in [-0.25, -0.2) is 9.18 Å². The number of amides is 2. The zero-order valence-corrected chi connectivity index (χ0v) is 13.8. The van der Waals surface area contributed by atoms with Gasteiger partial charge in [0.25, 0.3) is 0 Å². The van der Waals surface area contributed by atoms with Gasteiger partial charge in [0, 0.05) is 23.7 Å². The molecule has 1 saturated carbocycles. The van der Waals surface area contributed by atoms with Gasteiger partial charge in [-0.3, -0.25) is 0 Å². The largest absolute Gasteiger partial charge is 0.489 e. The summed E-state index contributed by atoms with van der Waals surface area (Å²) in [5.74, 6) is 0.278. The van der Waals surface area contributed by atoms with Gasteiger partial charge in [-0.15, -0.1) is 0 Å². The molecule has 2 amide bonds. The van der Waals surface area contributed by atoms with Crippen molar-refractivity contribution >= 4 is 11.7 Å². The molecule has 0 bridgehead atoms. The molecule has 1 fully saturated rings. The molecule has 0 aliphatic heterocycles. The molecule has 1 aliphatic rings. The van der Waals surface area contributed by atoms with Crippen molar-refractivity contribution in [2.75, 3.05) is 18.5 Å². The van der Waals surface area contributed by atoms with E-state index in [9.17, 15) is 14.3 Å². The van der Waals surface area contributed by atoms with Gasteiger partial charge in [0.15, 0.2) is 0 Å². The maximum absolute atomic E-state index is 13.2. The van der Waals surface area contributed by atoms with Crippen LogP contribution in [0, 0.1) is 11.2 Å². The Hall–Kier alpha value is -2.60. The number of aliphatic hydroxyl groups excluding tert-OH is 1. The zero-order chi connectivity index (χ0) is 17.7. The van der Waals surface area contributed by atoms with Crippen molar-refractivity contribution in [2.24, 2.45) is 5.41 Å². The molecule has 2 aromatic rings. The summed E-state index contributed by atoms with van der Waals surface area (Å²) in [5.41, 5.74) is 1.20. The van der Waals surface area contributed by atoms with Gasteiger partial charge < -0.3 is 20.5 Å². The molecule has 0 radical (unpaired) electrons. The molecule has 0 heterocycles. The highest BCUT2D eigenvalue weighted by Crippen LogP contribution is 2.44. The molecular weight excluding hydrogens is 323 g/mol. The van der Waals surface area contributed by atoms with Gasteiger partial charge in [-0.1, -0.05) is 18.2 Å². The molecule has 5 nitrogen and oxygen atoms in total. The van der Waals surface area contributed by atoms with Gasteiger partial charge in [-0.05, 0) is 42.7 Å². The fourth-order valence-corrected chi connectivity index (χ4v) is 2.47. The van der Waals surface area contributed by atoms with Crippen LogP contribution in [0.2, 0.25) is 0 Å². The zero-order valence-electron chi connectivity index (χ0n) is 13.8. The average Bonchev–Trinajstić information content (AvgIpc) is 3.39. The van der Waals surface area contributed by atoms with Crippen LogP contribution in [0.5, 0.6) is 5.75 Å². The van der Waals surface area contributed by atoms with Crippen LogP contribution < -0.4 is 15.4 Å². The summed E-state index contributed by atoms with van der Waals surface area (Å²) in [5, 5.41) is 14.8. The lowest BCUT2D eigenvalue weighted by atomic mass is 10.1. The van der Waals surface area contributed by atoms with Crippen molar-refractivity contribution < 1.29 is 19.0 Å². The van der Waals surface area contributed by atoms with Crippen LogP contribution in [0.3, 0.4) is 0 Å². The maximum atomic E-state index is 13.2. The lowest BCUT2D eigenvalue weighted by Gasteiger charge is -2.14. The maximum Gasteiger partial charge on any atom is 0.319 e. The molecule has 1 aliphatic carbocycles. The molecule has 0 spiro atoms. The van der Waals surface area contributed by atoms with Crippen molar-refractivity contribution in [3.63, 3.8) is 0 Å².